The van der Waals surface area contributed by atoms with E-state index in [9.17, 15) is 4.79 Å². The zero-order chi connectivity index (χ0) is 10.6. The van der Waals surface area contributed by atoms with Crippen molar-refractivity contribution >= 4 is 17.3 Å². The van der Waals surface area contributed by atoms with Crippen molar-refractivity contribution in [3.05, 3.63) is 23.8 Å². The van der Waals surface area contributed by atoms with Crippen LogP contribution in [-0.4, -0.2) is 17.6 Å². The quantitative estimate of drug-likeness (QED) is 0.634. The SMILES string of the molecule is Cc1cc(NCCC(=O)O)ccc1N. The third-order valence-electron chi connectivity index (χ3n) is 1.94. The second-order valence-corrected chi connectivity index (χ2v) is 3.14. The molecule has 4 heteroatoms. The highest BCUT2D eigenvalue weighted by Crippen LogP contribution is 2.16. The van der Waals surface area contributed by atoms with Crippen LogP contribution in [0.2, 0.25) is 0 Å². The number of nitrogen functional groups attached to an aromatic ring is 1. The Labute approximate surface area is 82.7 Å². The lowest BCUT2D eigenvalue weighted by molar-refractivity contribution is -0.136. The molecule has 0 saturated carbocycles. The van der Waals surface area contributed by atoms with Gasteiger partial charge in [0.25, 0.3) is 0 Å². The first-order valence-electron chi connectivity index (χ1n) is 4.41. The lowest BCUT2D eigenvalue weighted by Gasteiger charge is -2.06. The molecule has 14 heavy (non-hydrogen) atoms. The molecular formula is C10H14N2O2. The Morgan fingerprint density at radius 1 is 1.57 bits per heavy atom. The van der Waals surface area contributed by atoms with Gasteiger partial charge in [0, 0.05) is 17.9 Å². The van der Waals surface area contributed by atoms with Gasteiger partial charge in [0.2, 0.25) is 0 Å². The van der Waals surface area contributed by atoms with Gasteiger partial charge in [-0.25, -0.2) is 0 Å². The summed E-state index contributed by atoms with van der Waals surface area (Å²) in [5, 5.41) is 11.4. The van der Waals surface area contributed by atoms with Gasteiger partial charge in [0.1, 0.15) is 0 Å². The summed E-state index contributed by atoms with van der Waals surface area (Å²) in [6.45, 7) is 2.34. The van der Waals surface area contributed by atoms with Crippen molar-refractivity contribution in [1.82, 2.24) is 0 Å². The molecule has 1 aromatic carbocycles. The summed E-state index contributed by atoms with van der Waals surface area (Å²) in [5.41, 5.74) is 8.28. The van der Waals surface area contributed by atoms with Crippen molar-refractivity contribution in [3.63, 3.8) is 0 Å². The fourth-order valence-corrected chi connectivity index (χ4v) is 1.10. The monoisotopic (exact) mass is 194 g/mol. The number of carboxylic acid groups (broad SMARTS) is 1. The Bertz CT molecular complexity index is 337. The Balaban J connectivity index is 2.51. The molecule has 0 aliphatic carbocycles. The minimum Gasteiger partial charge on any atom is -0.481 e. The van der Waals surface area contributed by atoms with E-state index in [1.807, 2.05) is 19.1 Å². The normalized spacial score (nSPS) is 9.79. The zero-order valence-electron chi connectivity index (χ0n) is 8.08. The number of benzene rings is 1. The number of nitrogens with one attached hydrogen (secondary N) is 1. The minimum absolute atomic E-state index is 0.115. The van der Waals surface area contributed by atoms with Crippen LogP contribution >= 0.6 is 0 Å². The molecule has 0 fully saturated rings. The Hall–Kier alpha value is -1.71. The van der Waals surface area contributed by atoms with Gasteiger partial charge in [0.15, 0.2) is 0 Å². The van der Waals surface area contributed by atoms with Crippen LogP contribution in [-0.2, 0) is 4.79 Å². The molecule has 4 nitrogen and oxygen atoms in total. The molecule has 76 valence electrons. The predicted octanol–water partition coefficient (Wildman–Crippen LogP) is 1.46. The van der Waals surface area contributed by atoms with Crippen LogP contribution in [0.15, 0.2) is 18.2 Å². The maximum Gasteiger partial charge on any atom is 0.305 e. The summed E-state index contributed by atoms with van der Waals surface area (Å²) in [6, 6.07) is 5.54. The number of nitrogens with two attached hydrogens (primary N) is 1. The number of aliphatic carboxylic acids is 1. The van der Waals surface area contributed by atoms with Gasteiger partial charge in [-0.3, -0.25) is 4.79 Å². The van der Waals surface area contributed by atoms with E-state index in [1.165, 1.54) is 0 Å². The molecule has 0 aromatic heterocycles. The van der Waals surface area contributed by atoms with Gasteiger partial charge in [-0.2, -0.15) is 0 Å². The number of hydrogen-bond donors (Lipinski definition) is 3. The number of hydrogen-bond acceptors (Lipinski definition) is 3. The van der Waals surface area contributed by atoms with E-state index in [0.717, 1.165) is 16.9 Å². The molecule has 0 amide bonds. The fraction of sp³-hybridized carbons (Fsp3) is 0.300. The average Bonchev–Trinajstić information content (AvgIpc) is 2.10. The third kappa shape index (κ3) is 2.97. The van der Waals surface area contributed by atoms with E-state index in [0.29, 0.717) is 6.54 Å². The molecule has 0 bridgehead atoms. The summed E-state index contributed by atoms with van der Waals surface area (Å²) in [5.74, 6) is -0.801. The molecule has 1 aromatic rings. The van der Waals surface area contributed by atoms with Crippen molar-refractivity contribution < 1.29 is 9.90 Å². The molecule has 0 radical (unpaired) electrons. The van der Waals surface area contributed by atoms with Crippen LogP contribution in [0.3, 0.4) is 0 Å². The van der Waals surface area contributed by atoms with Gasteiger partial charge in [-0.1, -0.05) is 0 Å². The molecule has 0 aliphatic heterocycles. The number of carboxylic acids is 1. The summed E-state index contributed by atoms with van der Waals surface area (Å²) >= 11 is 0. The molecule has 0 heterocycles. The number of anilines is 2. The summed E-state index contributed by atoms with van der Waals surface area (Å²) < 4.78 is 0. The highest BCUT2D eigenvalue weighted by molar-refractivity contribution is 5.67. The van der Waals surface area contributed by atoms with E-state index >= 15 is 0 Å². The second kappa shape index (κ2) is 4.50. The molecular weight excluding hydrogens is 180 g/mol. The largest absolute Gasteiger partial charge is 0.481 e. The molecule has 0 unspecified atom stereocenters. The number of carbonyl (C=O) groups is 1. The Morgan fingerprint density at radius 2 is 2.29 bits per heavy atom. The molecule has 0 saturated heterocycles. The van der Waals surface area contributed by atoms with Gasteiger partial charge in [-0.15, -0.1) is 0 Å². The van der Waals surface area contributed by atoms with Crippen LogP contribution in [0.1, 0.15) is 12.0 Å². The maximum absolute atomic E-state index is 10.3. The van der Waals surface area contributed by atoms with Crippen LogP contribution in [0, 0.1) is 6.92 Å². The van der Waals surface area contributed by atoms with Gasteiger partial charge in [-0.05, 0) is 30.7 Å². The van der Waals surface area contributed by atoms with Crippen molar-refractivity contribution in [3.8, 4) is 0 Å². The number of rotatable bonds is 4. The van der Waals surface area contributed by atoms with Crippen LogP contribution in [0.5, 0.6) is 0 Å². The van der Waals surface area contributed by atoms with E-state index in [2.05, 4.69) is 5.32 Å². The van der Waals surface area contributed by atoms with Crippen LogP contribution < -0.4 is 11.1 Å². The lowest BCUT2D eigenvalue weighted by atomic mass is 10.2. The fourth-order valence-electron chi connectivity index (χ4n) is 1.10. The summed E-state index contributed by atoms with van der Waals surface area (Å²) in [7, 11) is 0. The summed E-state index contributed by atoms with van der Waals surface area (Å²) in [4.78, 5) is 10.3. The topological polar surface area (TPSA) is 75.3 Å². The Kier molecular flexibility index (Phi) is 3.34. The van der Waals surface area contributed by atoms with Crippen LogP contribution in [0.25, 0.3) is 0 Å². The number of aryl methyl sites for hydroxylation is 1. The standard InChI is InChI=1S/C10H14N2O2/c1-7-6-8(2-3-9(7)11)12-5-4-10(13)14/h2-3,6,12H,4-5,11H2,1H3,(H,13,14). The minimum atomic E-state index is -0.801. The van der Waals surface area contributed by atoms with Crippen molar-refractivity contribution in [2.24, 2.45) is 0 Å². The maximum atomic E-state index is 10.3. The molecule has 0 spiro atoms. The first kappa shape index (κ1) is 10.4. The molecule has 4 N–H and O–H groups in total. The molecule has 0 aliphatic rings. The van der Waals surface area contributed by atoms with Crippen molar-refractivity contribution in [2.75, 3.05) is 17.6 Å². The second-order valence-electron chi connectivity index (χ2n) is 3.14. The van der Waals surface area contributed by atoms with E-state index in [4.69, 9.17) is 10.8 Å². The average molecular weight is 194 g/mol. The third-order valence-corrected chi connectivity index (χ3v) is 1.94. The molecule has 1 rings (SSSR count). The van der Waals surface area contributed by atoms with E-state index in [-0.39, 0.29) is 6.42 Å². The van der Waals surface area contributed by atoms with Gasteiger partial charge in [0.05, 0.1) is 6.42 Å². The molecule has 0 atom stereocenters. The van der Waals surface area contributed by atoms with Crippen molar-refractivity contribution in [1.29, 1.82) is 0 Å². The van der Waals surface area contributed by atoms with Crippen molar-refractivity contribution in [2.45, 2.75) is 13.3 Å². The van der Waals surface area contributed by atoms with Gasteiger partial charge < -0.3 is 16.2 Å². The first-order chi connectivity index (χ1) is 6.59. The smallest absolute Gasteiger partial charge is 0.305 e. The van der Waals surface area contributed by atoms with Gasteiger partial charge >= 0.3 is 5.97 Å². The highest BCUT2D eigenvalue weighted by atomic mass is 16.4. The predicted molar refractivity (Wildman–Crippen MR) is 56.3 cm³/mol. The first-order valence-corrected chi connectivity index (χ1v) is 4.41. The lowest BCUT2D eigenvalue weighted by Crippen LogP contribution is -2.07. The summed E-state index contributed by atoms with van der Waals surface area (Å²) in [6.07, 6.45) is 0.115. The highest BCUT2D eigenvalue weighted by Gasteiger charge is 1.98. The van der Waals surface area contributed by atoms with Crippen LogP contribution in [0.4, 0.5) is 11.4 Å². The Morgan fingerprint density at radius 3 is 2.86 bits per heavy atom. The zero-order valence-corrected chi connectivity index (χ0v) is 8.08. The van der Waals surface area contributed by atoms with E-state index < -0.39 is 5.97 Å². The van der Waals surface area contributed by atoms with E-state index in [1.54, 1.807) is 6.07 Å².